The number of pyridine rings is 1. The van der Waals surface area contributed by atoms with Gasteiger partial charge in [0.2, 0.25) is 5.69 Å². The SMILES string of the molecule is Cc1sc2cccc[n+]2c1-c1ccccc1. The highest BCUT2D eigenvalue weighted by Gasteiger charge is 2.18. The molecule has 0 N–H and O–H groups in total. The second kappa shape index (κ2) is 3.72. The minimum absolute atomic E-state index is 1.28. The summed E-state index contributed by atoms with van der Waals surface area (Å²) in [6.45, 7) is 2.18. The Hall–Kier alpha value is -1.67. The first-order chi connectivity index (χ1) is 7.86. The molecule has 1 aromatic carbocycles. The van der Waals surface area contributed by atoms with Crippen molar-refractivity contribution < 1.29 is 4.40 Å². The van der Waals surface area contributed by atoms with Crippen LogP contribution in [0.15, 0.2) is 54.7 Å². The molecular formula is C14H12NS+. The lowest BCUT2D eigenvalue weighted by Crippen LogP contribution is -2.20. The largest absolute Gasteiger partial charge is 0.267 e. The zero-order valence-corrected chi connectivity index (χ0v) is 9.87. The van der Waals surface area contributed by atoms with Crippen molar-refractivity contribution in [1.29, 1.82) is 0 Å². The topological polar surface area (TPSA) is 4.10 Å². The highest BCUT2D eigenvalue weighted by molar-refractivity contribution is 7.17. The molecule has 0 saturated heterocycles. The number of fused-ring (bicyclic) bond motifs is 1. The molecule has 2 heterocycles. The van der Waals surface area contributed by atoms with Gasteiger partial charge in [-0.2, -0.15) is 0 Å². The number of hydrogen-bond acceptors (Lipinski definition) is 1. The summed E-state index contributed by atoms with van der Waals surface area (Å²) >= 11 is 1.84. The average Bonchev–Trinajstić information content (AvgIpc) is 2.66. The van der Waals surface area contributed by atoms with Gasteiger partial charge >= 0.3 is 0 Å². The van der Waals surface area contributed by atoms with E-state index >= 15 is 0 Å². The number of thiazole rings is 1. The quantitative estimate of drug-likeness (QED) is 0.560. The highest BCUT2D eigenvalue weighted by atomic mass is 32.1. The molecule has 0 radical (unpaired) electrons. The molecule has 1 nitrogen and oxygen atoms in total. The Bertz CT molecular complexity index is 626. The van der Waals surface area contributed by atoms with Crippen LogP contribution in [0.1, 0.15) is 4.88 Å². The minimum atomic E-state index is 1.28. The van der Waals surface area contributed by atoms with E-state index in [1.54, 1.807) is 0 Å². The molecule has 0 aliphatic heterocycles. The van der Waals surface area contributed by atoms with Crippen molar-refractivity contribution in [2.45, 2.75) is 6.92 Å². The van der Waals surface area contributed by atoms with Crippen LogP contribution in [0.4, 0.5) is 0 Å². The van der Waals surface area contributed by atoms with Gasteiger partial charge in [-0.3, -0.25) is 0 Å². The van der Waals surface area contributed by atoms with Crippen LogP contribution in [0.5, 0.6) is 0 Å². The molecule has 0 aliphatic rings. The molecule has 78 valence electrons. The van der Waals surface area contributed by atoms with E-state index < -0.39 is 0 Å². The summed E-state index contributed by atoms with van der Waals surface area (Å²) in [6, 6.07) is 16.9. The molecule has 0 unspecified atom stereocenters. The fraction of sp³-hybridized carbons (Fsp3) is 0.0714. The van der Waals surface area contributed by atoms with Crippen LogP contribution in [-0.4, -0.2) is 0 Å². The molecule has 16 heavy (non-hydrogen) atoms. The smallest absolute Gasteiger partial charge is 0.150 e. The molecule has 0 atom stereocenters. The van der Waals surface area contributed by atoms with E-state index in [2.05, 4.69) is 66.1 Å². The fourth-order valence-corrected chi connectivity index (χ4v) is 3.03. The summed E-state index contributed by atoms with van der Waals surface area (Å²) < 4.78 is 2.26. The molecule has 2 aromatic heterocycles. The summed E-state index contributed by atoms with van der Waals surface area (Å²) in [5.41, 5.74) is 2.59. The predicted octanol–water partition coefficient (Wildman–Crippen LogP) is 3.46. The van der Waals surface area contributed by atoms with E-state index in [-0.39, 0.29) is 0 Å². The van der Waals surface area contributed by atoms with Gasteiger partial charge in [0, 0.05) is 17.7 Å². The average molecular weight is 226 g/mol. The predicted molar refractivity (Wildman–Crippen MR) is 67.7 cm³/mol. The van der Waals surface area contributed by atoms with Crippen LogP contribution in [-0.2, 0) is 0 Å². The summed E-state index contributed by atoms with van der Waals surface area (Å²) in [6.07, 6.45) is 2.13. The van der Waals surface area contributed by atoms with Crippen LogP contribution in [0.2, 0.25) is 0 Å². The third-order valence-electron chi connectivity index (χ3n) is 2.70. The number of benzene rings is 1. The third-order valence-corrected chi connectivity index (χ3v) is 3.74. The van der Waals surface area contributed by atoms with E-state index in [1.807, 2.05) is 11.3 Å². The number of aryl methyl sites for hydroxylation is 1. The number of aromatic nitrogens is 1. The Kier molecular flexibility index (Phi) is 2.22. The monoisotopic (exact) mass is 226 g/mol. The standard InChI is InChI=1S/C14H12NS/c1-11-14(12-7-3-2-4-8-12)15-10-6-5-9-13(15)16-11/h2-10H,1H3/q+1. The van der Waals surface area contributed by atoms with Gasteiger partial charge in [-0.05, 0) is 25.1 Å². The van der Waals surface area contributed by atoms with Crippen molar-refractivity contribution in [3.63, 3.8) is 0 Å². The van der Waals surface area contributed by atoms with Gasteiger partial charge in [0.15, 0.2) is 6.20 Å². The molecule has 0 amide bonds. The third kappa shape index (κ3) is 1.42. The molecule has 0 fully saturated rings. The molecular weight excluding hydrogens is 214 g/mol. The van der Waals surface area contributed by atoms with Gasteiger partial charge in [0.05, 0.1) is 4.88 Å². The molecule has 0 saturated carbocycles. The molecule has 3 rings (SSSR count). The van der Waals surface area contributed by atoms with Crippen molar-refractivity contribution in [2.24, 2.45) is 0 Å². The first-order valence-corrected chi connectivity index (χ1v) is 6.13. The second-order valence-electron chi connectivity index (χ2n) is 3.78. The van der Waals surface area contributed by atoms with Crippen molar-refractivity contribution >= 4 is 16.2 Å². The lowest BCUT2D eigenvalue weighted by Gasteiger charge is -1.94. The molecule has 2 heteroatoms. The Morgan fingerprint density at radius 1 is 0.938 bits per heavy atom. The normalized spacial score (nSPS) is 10.8. The summed E-state index contributed by atoms with van der Waals surface area (Å²) in [5, 5.41) is 0. The molecule has 0 bridgehead atoms. The molecule has 0 spiro atoms. The van der Waals surface area contributed by atoms with Crippen LogP contribution in [0.3, 0.4) is 0 Å². The van der Waals surface area contributed by atoms with Crippen molar-refractivity contribution in [2.75, 3.05) is 0 Å². The summed E-state index contributed by atoms with van der Waals surface area (Å²) in [5.74, 6) is 0. The summed E-state index contributed by atoms with van der Waals surface area (Å²) in [4.78, 5) is 2.65. The zero-order valence-electron chi connectivity index (χ0n) is 9.05. The Morgan fingerprint density at radius 2 is 1.69 bits per heavy atom. The molecule has 3 aromatic rings. The summed E-state index contributed by atoms with van der Waals surface area (Å²) in [7, 11) is 0. The fourth-order valence-electron chi connectivity index (χ4n) is 2.01. The number of nitrogens with zero attached hydrogens (tertiary/aromatic N) is 1. The van der Waals surface area contributed by atoms with Crippen LogP contribution >= 0.6 is 11.3 Å². The van der Waals surface area contributed by atoms with Crippen molar-refractivity contribution in [3.8, 4) is 11.3 Å². The van der Waals surface area contributed by atoms with E-state index in [0.29, 0.717) is 0 Å². The highest BCUT2D eigenvalue weighted by Crippen LogP contribution is 2.25. The Balaban J connectivity index is 2.35. The van der Waals surface area contributed by atoms with Crippen molar-refractivity contribution in [1.82, 2.24) is 0 Å². The van der Waals surface area contributed by atoms with Gasteiger partial charge in [-0.15, -0.1) is 4.40 Å². The number of hydrogen-bond donors (Lipinski definition) is 0. The van der Waals surface area contributed by atoms with Gasteiger partial charge in [-0.25, -0.2) is 0 Å². The van der Waals surface area contributed by atoms with Crippen molar-refractivity contribution in [3.05, 3.63) is 59.6 Å². The maximum Gasteiger partial charge on any atom is 0.267 e. The minimum Gasteiger partial charge on any atom is -0.150 e. The number of rotatable bonds is 1. The van der Waals surface area contributed by atoms with Crippen LogP contribution < -0.4 is 4.40 Å². The maximum atomic E-state index is 2.26. The molecule has 0 aliphatic carbocycles. The zero-order chi connectivity index (χ0) is 11.0. The Morgan fingerprint density at radius 3 is 2.50 bits per heavy atom. The van der Waals surface area contributed by atoms with Crippen LogP contribution in [0, 0.1) is 6.92 Å². The first kappa shape index (κ1) is 9.55. The Labute approximate surface area is 98.6 Å². The lowest BCUT2D eigenvalue weighted by molar-refractivity contribution is -0.495. The maximum absolute atomic E-state index is 2.26. The second-order valence-corrected chi connectivity index (χ2v) is 5.02. The van der Waals surface area contributed by atoms with Gasteiger partial charge < -0.3 is 0 Å². The van der Waals surface area contributed by atoms with E-state index in [9.17, 15) is 0 Å². The first-order valence-electron chi connectivity index (χ1n) is 5.31. The lowest BCUT2D eigenvalue weighted by atomic mass is 10.1. The van der Waals surface area contributed by atoms with Gasteiger partial charge in [0.1, 0.15) is 0 Å². The van der Waals surface area contributed by atoms with E-state index in [0.717, 1.165) is 0 Å². The van der Waals surface area contributed by atoms with Gasteiger partial charge in [-0.1, -0.05) is 29.5 Å². The van der Waals surface area contributed by atoms with Gasteiger partial charge in [0.25, 0.3) is 4.83 Å². The van der Waals surface area contributed by atoms with Crippen LogP contribution in [0.25, 0.3) is 16.1 Å². The van der Waals surface area contributed by atoms with E-state index in [4.69, 9.17) is 0 Å². The van der Waals surface area contributed by atoms with E-state index in [1.165, 1.54) is 21.0 Å².